The van der Waals surface area contributed by atoms with Crippen LogP contribution in [-0.4, -0.2) is 44.4 Å². The van der Waals surface area contributed by atoms with E-state index in [4.69, 9.17) is 14.2 Å². The Hall–Kier alpha value is -3.22. The van der Waals surface area contributed by atoms with Crippen molar-refractivity contribution in [1.82, 2.24) is 5.32 Å². The summed E-state index contributed by atoms with van der Waals surface area (Å²) in [6.07, 6.45) is 0.300. The van der Waals surface area contributed by atoms with E-state index in [1.807, 2.05) is 19.1 Å². The van der Waals surface area contributed by atoms with Crippen LogP contribution < -0.4 is 19.5 Å². The van der Waals surface area contributed by atoms with Crippen molar-refractivity contribution in [3.05, 3.63) is 53.6 Å². The first kappa shape index (κ1) is 21.1. The fraction of sp³-hybridized carbons (Fsp3) is 0.333. The number of benzene rings is 2. The summed E-state index contributed by atoms with van der Waals surface area (Å²) in [7, 11) is 2.99. The number of nitrogens with one attached hydrogen (secondary N) is 1. The second-order valence-electron chi connectivity index (χ2n) is 6.10. The third-order valence-corrected chi connectivity index (χ3v) is 4.22. The molecule has 0 heterocycles. The van der Waals surface area contributed by atoms with E-state index < -0.39 is 11.9 Å². The highest BCUT2D eigenvalue weighted by Gasteiger charge is 2.20. The molecule has 0 saturated heterocycles. The summed E-state index contributed by atoms with van der Waals surface area (Å²) >= 11 is 0. The van der Waals surface area contributed by atoms with Crippen molar-refractivity contribution in [3.8, 4) is 17.2 Å². The normalized spacial score (nSPS) is 11.4. The molecule has 0 spiro atoms. The Morgan fingerprint density at radius 2 is 1.71 bits per heavy atom. The minimum Gasteiger partial charge on any atom is -0.494 e. The van der Waals surface area contributed by atoms with Crippen LogP contribution in [0.25, 0.3) is 0 Å². The minimum absolute atomic E-state index is 0.00965. The zero-order valence-corrected chi connectivity index (χ0v) is 16.2. The van der Waals surface area contributed by atoms with Gasteiger partial charge in [-0.15, -0.1) is 0 Å². The third-order valence-electron chi connectivity index (χ3n) is 4.22. The summed E-state index contributed by atoms with van der Waals surface area (Å²) in [5, 5.41) is 12.2. The number of hydrogen-bond donors (Lipinski definition) is 2. The van der Waals surface area contributed by atoms with Crippen molar-refractivity contribution in [3.63, 3.8) is 0 Å². The molecule has 0 aromatic heterocycles. The number of ether oxygens (including phenoxy) is 3. The van der Waals surface area contributed by atoms with Crippen molar-refractivity contribution >= 4 is 11.9 Å². The van der Waals surface area contributed by atoms with Crippen LogP contribution in [0.2, 0.25) is 0 Å². The largest absolute Gasteiger partial charge is 0.494 e. The zero-order chi connectivity index (χ0) is 20.5. The van der Waals surface area contributed by atoms with E-state index in [1.165, 1.54) is 14.2 Å². The van der Waals surface area contributed by atoms with Gasteiger partial charge in [0.05, 0.1) is 26.7 Å². The van der Waals surface area contributed by atoms with Gasteiger partial charge in [-0.05, 0) is 49.2 Å². The fourth-order valence-corrected chi connectivity index (χ4v) is 2.72. The number of carboxylic acids is 1. The molecule has 2 N–H and O–H groups in total. The van der Waals surface area contributed by atoms with Gasteiger partial charge < -0.3 is 24.6 Å². The van der Waals surface area contributed by atoms with Crippen LogP contribution in [0.3, 0.4) is 0 Å². The van der Waals surface area contributed by atoms with Gasteiger partial charge in [-0.3, -0.25) is 9.59 Å². The average Bonchev–Trinajstić information content (AvgIpc) is 2.71. The van der Waals surface area contributed by atoms with E-state index >= 15 is 0 Å². The van der Waals surface area contributed by atoms with Gasteiger partial charge in [-0.25, -0.2) is 0 Å². The maximum atomic E-state index is 12.4. The number of methoxy groups -OCH3 is 2. The number of carbonyl (C=O) groups excluding carboxylic acids is 1. The quantitative estimate of drug-likeness (QED) is 0.651. The van der Waals surface area contributed by atoms with Crippen LogP contribution in [-0.2, 0) is 11.2 Å². The lowest BCUT2D eigenvalue weighted by Gasteiger charge is -2.15. The Bertz CT molecular complexity index is 803. The van der Waals surface area contributed by atoms with Crippen molar-refractivity contribution in [1.29, 1.82) is 0 Å². The smallest absolute Gasteiger partial charge is 0.308 e. The fourth-order valence-electron chi connectivity index (χ4n) is 2.72. The lowest BCUT2D eigenvalue weighted by Crippen LogP contribution is -2.34. The molecule has 0 aliphatic rings. The zero-order valence-electron chi connectivity index (χ0n) is 16.2. The molecule has 1 atom stereocenters. The first-order chi connectivity index (χ1) is 13.5. The van der Waals surface area contributed by atoms with Gasteiger partial charge in [-0.2, -0.15) is 0 Å². The Kier molecular flexibility index (Phi) is 7.68. The maximum Gasteiger partial charge on any atom is 0.308 e. The highest BCUT2D eigenvalue weighted by molar-refractivity contribution is 5.95. The highest BCUT2D eigenvalue weighted by atomic mass is 16.5. The standard InChI is InChI=1S/C21H25NO6/c1-4-28-17-8-5-14(6-9-17)11-16(21(24)25)13-22-20(23)15-7-10-18(26-2)19(12-15)27-3/h5-10,12,16H,4,11,13H2,1-3H3,(H,22,23)(H,24,25). The molecule has 0 bridgehead atoms. The molecule has 0 radical (unpaired) electrons. The number of carboxylic acid groups (broad SMARTS) is 1. The van der Waals surface area contributed by atoms with E-state index in [2.05, 4.69) is 5.32 Å². The van der Waals surface area contributed by atoms with Gasteiger partial charge in [0.1, 0.15) is 5.75 Å². The Morgan fingerprint density at radius 3 is 2.29 bits per heavy atom. The number of hydrogen-bond acceptors (Lipinski definition) is 5. The Balaban J connectivity index is 2.00. The van der Waals surface area contributed by atoms with Gasteiger partial charge >= 0.3 is 5.97 Å². The number of carbonyl (C=O) groups is 2. The van der Waals surface area contributed by atoms with Crippen molar-refractivity contribution in [2.45, 2.75) is 13.3 Å². The molecule has 1 amide bonds. The first-order valence-electron chi connectivity index (χ1n) is 8.93. The molecule has 150 valence electrons. The molecule has 7 nitrogen and oxygen atoms in total. The second-order valence-corrected chi connectivity index (χ2v) is 6.10. The summed E-state index contributed by atoms with van der Waals surface area (Å²) in [6, 6.07) is 12.0. The third kappa shape index (κ3) is 5.64. The van der Waals surface area contributed by atoms with E-state index in [-0.39, 0.29) is 12.5 Å². The first-order valence-corrected chi connectivity index (χ1v) is 8.93. The number of rotatable bonds is 10. The van der Waals surface area contributed by atoms with E-state index in [0.717, 1.165) is 11.3 Å². The molecule has 2 aromatic rings. The molecule has 0 saturated carbocycles. The molecule has 2 aromatic carbocycles. The van der Waals surface area contributed by atoms with Crippen molar-refractivity contribution in [2.75, 3.05) is 27.4 Å². The number of aliphatic carboxylic acids is 1. The van der Waals surface area contributed by atoms with Gasteiger partial charge in [0.15, 0.2) is 11.5 Å². The SMILES string of the molecule is CCOc1ccc(CC(CNC(=O)c2ccc(OC)c(OC)c2)C(=O)O)cc1. The van der Waals surface area contributed by atoms with Crippen molar-refractivity contribution in [2.24, 2.45) is 5.92 Å². The molecular formula is C21H25NO6. The second kappa shape index (κ2) is 10.2. The molecule has 0 fully saturated rings. The monoisotopic (exact) mass is 387 g/mol. The Morgan fingerprint density at radius 1 is 1.04 bits per heavy atom. The summed E-state index contributed by atoms with van der Waals surface area (Å²) in [5.74, 6) is -0.417. The molecule has 2 rings (SSSR count). The topological polar surface area (TPSA) is 94.1 Å². The lowest BCUT2D eigenvalue weighted by molar-refractivity contribution is -0.141. The number of amides is 1. The molecule has 1 unspecified atom stereocenters. The van der Waals surface area contributed by atoms with Crippen LogP contribution >= 0.6 is 0 Å². The molecule has 7 heteroatoms. The summed E-state index contributed by atoms with van der Waals surface area (Å²) in [5.41, 5.74) is 1.22. The van der Waals surface area contributed by atoms with Crippen LogP contribution in [0.15, 0.2) is 42.5 Å². The van der Waals surface area contributed by atoms with Crippen LogP contribution in [0, 0.1) is 5.92 Å². The predicted molar refractivity (Wildman–Crippen MR) is 104 cm³/mol. The Labute approximate surface area is 164 Å². The van der Waals surface area contributed by atoms with Crippen LogP contribution in [0.4, 0.5) is 0 Å². The van der Waals surface area contributed by atoms with Crippen LogP contribution in [0.5, 0.6) is 17.2 Å². The van der Waals surface area contributed by atoms with E-state index in [1.54, 1.807) is 30.3 Å². The van der Waals surface area contributed by atoms with Gasteiger partial charge in [0.2, 0.25) is 0 Å². The molecule has 0 aliphatic carbocycles. The van der Waals surface area contributed by atoms with Gasteiger partial charge in [-0.1, -0.05) is 12.1 Å². The van der Waals surface area contributed by atoms with Crippen LogP contribution in [0.1, 0.15) is 22.8 Å². The molecule has 28 heavy (non-hydrogen) atoms. The van der Waals surface area contributed by atoms with E-state index in [0.29, 0.717) is 30.1 Å². The summed E-state index contributed by atoms with van der Waals surface area (Å²) < 4.78 is 15.7. The highest BCUT2D eigenvalue weighted by Crippen LogP contribution is 2.27. The molecular weight excluding hydrogens is 362 g/mol. The maximum absolute atomic E-state index is 12.4. The average molecular weight is 387 g/mol. The molecule has 0 aliphatic heterocycles. The van der Waals surface area contributed by atoms with Gasteiger partial charge in [0.25, 0.3) is 5.91 Å². The summed E-state index contributed by atoms with van der Waals surface area (Å²) in [6.45, 7) is 2.48. The summed E-state index contributed by atoms with van der Waals surface area (Å²) in [4.78, 5) is 24.0. The lowest BCUT2D eigenvalue weighted by atomic mass is 9.99. The minimum atomic E-state index is -0.971. The predicted octanol–water partition coefficient (Wildman–Crippen LogP) is 2.78. The van der Waals surface area contributed by atoms with Crippen molar-refractivity contribution < 1.29 is 28.9 Å². The van der Waals surface area contributed by atoms with E-state index in [9.17, 15) is 14.7 Å². The van der Waals surface area contributed by atoms with Gasteiger partial charge in [0, 0.05) is 12.1 Å².